The Hall–Kier alpha value is -1.34. The van der Waals surface area contributed by atoms with Crippen molar-refractivity contribution in [2.24, 2.45) is 0 Å². The summed E-state index contributed by atoms with van der Waals surface area (Å²) in [6.07, 6.45) is -0.240. The van der Waals surface area contributed by atoms with Gasteiger partial charge in [0, 0.05) is 38.3 Å². The van der Waals surface area contributed by atoms with Crippen molar-refractivity contribution in [1.29, 1.82) is 0 Å². The number of ether oxygens (including phenoxy) is 2. The molecule has 0 saturated carbocycles. The van der Waals surface area contributed by atoms with E-state index in [1.165, 1.54) is 0 Å². The van der Waals surface area contributed by atoms with Crippen molar-refractivity contribution in [3.05, 3.63) is 0 Å². The highest BCUT2D eigenvalue weighted by Crippen LogP contribution is 2.16. The van der Waals surface area contributed by atoms with E-state index in [0.29, 0.717) is 26.2 Å². The normalized spacial score (nSPS) is 29.6. The fourth-order valence-corrected chi connectivity index (χ4v) is 2.84. The Kier molecular flexibility index (Phi) is 5.52. The van der Waals surface area contributed by atoms with E-state index in [1.54, 1.807) is 4.90 Å². The molecule has 2 saturated heterocycles. The summed E-state index contributed by atoms with van der Waals surface area (Å²) in [5, 5.41) is 3.42. The SMILES string of the molecule is C[C@@H]1CN(C[C@H]2CN(C(=O)OC(C)(C)C)[C@H](C)CN2)C(=O)CO1. The van der Waals surface area contributed by atoms with Gasteiger partial charge in [-0.25, -0.2) is 4.79 Å². The Bertz CT molecular complexity index is 449. The molecule has 2 amide bonds. The zero-order chi connectivity index (χ0) is 17.2. The lowest BCUT2D eigenvalue weighted by Gasteiger charge is -2.41. The van der Waals surface area contributed by atoms with Gasteiger partial charge in [-0.3, -0.25) is 4.79 Å². The fourth-order valence-electron chi connectivity index (χ4n) is 2.84. The van der Waals surface area contributed by atoms with Crippen LogP contribution in [-0.4, -0.2) is 78.4 Å². The first-order valence-electron chi connectivity index (χ1n) is 8.28. The maximum atomic E-state index is 12.4. The Labute approximate surface area is 138 Å². The van der Waals surface area contributed by atoms with Crippen molar-refractivity contribution in [3.63, 3.8) is 0 Å². The van der Waals surface area contributed by atoms with Crippen molar-refractivity contribution in [2.45, 2.75) is 58.4 Å². The lowest BCUT2D eigenvalue weighted by atomic mass is 10.1. The van der Waals surface area contributed by atoms with Gasteiger partial charge in [-0.15, -0.1) is 0 Å². The zero-order valence-corrected chi connectivity index (χ0v) is 14.8. The lowest BCUT2D eigenvalue weighted by molar-refractivity contribution is -0.148. The summed E-state index contributed by atoms with van der Waals surface area (Å²) in [4.78, 5) is 27.9. The van der Waals surface area contributed by atoms with Crippen molar-refractivity contribution in [3.8, 4) is 0 Å². The van der Waals surface area contributed by atoms with Gasteiger partial charge in [-0.2, -0.15) is 0 Å². The summed E-state index contributed by atoms with van der Waals surface area (Å²) in [7, 11) is 0. The molecule has 7 heteroatoms. The van der Waals surface area contributed by atoms with Crippen molar-refractivity contribution >= 4 is 12.0 Å². The quantitative estimate of drug-likeness (QED) is 0.813. The molecular formula is C16H29N3O4. The van der Waals surface area contributed by atoms with Gasteiger partial charge in [0.15, 0.2) is 0 Å². The maximum absolute atomic E-state index is 12.4. The van der Waals surface area contributed by atoms with E-state index >= 15 is 0 Å². The summed E-state index contributed by atoms with van der Waals surface area (Å²) in [5.41, 5.74) is -0.507. The first kappa shape index (κ1) is 18.0. The van der Waals surface area contributed by atoms with Crippen LogP contribution in [0.5, 0.6) is 0 Å². The number of nitrogens with one attached hydrogen (secondary N) is 1. The monoisotopic (exact) mass is 327 g/mol. The molecule has 2 rings (SSSR count). The summed E-state index contributed by atoms with van der Waals surface area (Å²) < 4.78 is 10.8. The van der Waals surface area contributed by atoms with Gasteiger partial charge < -0.3 is 24.6 Å². The standard InChI is InChI=1S/C16H29N3O4/c1-11-6-17-13(8-18-7-12(2)22-10-14(18)20)9-19(11)15(21)23-16(3,4)5/h11-13,17H,6-10H2,1-5H3/t11-,12-,13+/m1/s1. The number of carbonyl (C=O) groups is 2. The number of hydrogen-bond donors (Lipinski definition) is 1. The molecule has 0 spiro atoms. The van der Waals surface area contributed by atoms with Gasteiger partial charge in [-0.05, 0) is 34.6 Å². The van der Waals surface area contributed by atoms with E-state index in [9.17, 15) is 9.59 Å². The molecule has 132 valence electrons. The third-order valence-corrected chi connectivity index (χ3v) is 4.04. The smallest absolute Gasteiger partial charge is 0.410 e. The largest absolute Gasteiger partial charge is 0.444 e. The Balaban J connectivity index is 1.94. The van der Waals surface area contributed by atoms with Crippen molar-refractivity contribution < 1.29 is 19.1 Å². The van der Waals surface area contributed by atoms with Crippen LogP contribution in [0.15, 0.2) is 0 Å². The molecule has 2 aliphatic heterocycles. The van der Waals surface area contributed by atoms with Crippen LogP contribution in [0.2, 0.25) is 0 Å². The second-order valence-corrected chi connectivity index (χ2v) is 7.51. The predicted octanol–water partition coefficient (Wildman–Crippen LogP) is 0.831. The topological polar surface area (TPSA) is 71.1 Å². The summed E-state index contributed by atoms with van der Waals surface area (Å²) in [6.45, 7) is 12.1. The third-order valence-electron chi connectivity index (χ3n) is 4.04. The number of amides is 2. The molecule has 7 nitrogen and oxygen atoms in total. The van der Waals surface area contributed by atoms with Crippen LogP contribution in [0.25, 0.3) is 0 Å². The molecule has 2 aliphatic rings. The minimum absolute atomic E-state index is 0.00680. The zero-order valence-electron chi connectivity index (χ0n) is 14.8. The first-order valence-corrected chi connectivity index (χ1v) is 8.28. The summed E-state index contributed by atoms with van der Waals surface area (Å²) in [6, 6.07) is 0.119. The van der Waals surface area contributed by atoms with Crippen LogP contribution in [0.1, 0.15) is 34.6 Å². The average molecular weight is 327 g/mol. The highest BCUT2D eigenvalue weighted by Gasteiger charge is 2.34. The van der Waals surface area contributed by atoms with E-state index < -0.39 is 5.60 Å². The van der Waals surface area contributed by atoms with Crippen LogP contribution < -0.4 is 5.32 Å². The van der Waals surface area contributed by atoms with Gasteiger partial charge in [0.1, 0.15) is 12.2 Å². The second kappa shape index (κ2) is 7.05. The number of nitrogens with zero attached hydrogens (tertiary/aromatic N) is 2. The molecule has 0 aliphatic carbocycles. The fraction of sp³-hybridized carbons (Fsp3) is 0.875. The number of hydrogen-bond acceptors (Lipinski definition) is 5. The van der Waals surface area contributed by atoms with Crippen LogP contribution in [0, 0.1) is 0 Å². The Morgan fingerprint density at radius 2 is 2.04 bits per heavy atom. The summed E-state index contributed by atoms with van der Waals surface area (Å²) in [5.74, 6) is 0.00680. The highest BCUT2D eigenvalue weighted by molar-refractivity contribution is 5.78. The van der Waals surface area contributed by atoms with Crippen LogP contribution in [0.4, 0.5) is 4.79 Å². The third kappa shape index (κ3) is 5.07. The molecule has 2 heterocycles. The molecule has 0 unspecified atom stereocenters. The maximum Gasteiger partial charge on any atom is 0.410 e. The minimum atomic E-state index is -0.507. The molecule has 0 aromatic heterocycles. The summed E-state index contributed by atoms with van der Waals surface area (Å²) >= 11 is 0. The molecule has 0 bridgehead atoms. The van der Waals surface area contributed by atoms with E-state index in [0.717, 1.165) is 0 Å². The van der Waals surface area contributed by atoms with E-state index in [4.69, 9.17) is 9.47 Å². The van der Waals surface area contributed by atoms with Gasteiger partial charge in [0.25, 0.3) is 0 Å². The highest BCUT2D eigenvalue weighted by atomic mass is 16.6. The van der Waals surface area contributed by atoms with E-state index in [-0.39, 0.29) is 36.8 Å². The van der Waals surface area contributed by atoms with Crippen LogP contribution in [0.3, 0.4) is 0 Å². The molecule has 2 fully saturated rings. The number of piperazine rings is 1. The van der Waals surface area contributed by atoms with Gasteiger partial charge in [0.05, 0.1) is 6.10 Å². The molecule has 0 aromatic rings. The van der Waals surface area contributed by atoms with Crippen molar-refractivity contribution in [1.82, 2.24) is 15.1 Å². The molecule has 1 N–H and O–H groups in total. The van der Waals surface area contributed by atoms with Gasteiger partial charge >= 0.3 is 6.09 Å². The number of morpholine rings is 1. The molecule has 23 heavy (non-hydrogen) atoms. The van der Waals surface area contributed by atoms with Crippen LogP contribution >= 0.6 is 0 Å². The lowest BCUT2D eigenvalue weighted by Crippen LogP contribution is -2.62. The first-order chi connectivity index (χ1) is 10.7. The molecule has 3 atom stereocenters. The molecule has 0 aromatic carbocycles. The van der Waals surface area contributed by atoms with E-state index in [2.05, 4.69) is 5.32 Å². The van der Waals surface area contributed by atoms with Gasteiger partial charge in [0.2, 0.25) is 5.91 Å². The molecular weight excluding hydrogens is 298 g/mol. The number of rotatable bonds is 2. The minimum Gasteiger partial charge on any atom is -0.444 e. The Morgan fingerprint density at radius 3 is 2.70 bits per heavy atom. The molecule has 0 radical (unpaired) electrons. The second-order valence-electron chi connectivity index (χ2n) is 7.51. The number of carbonyl (C=O) groups excluding carboxylic acids is 2. The average Bonchev–Trinajstić information content (AvgIpc) is 2.43. The van der Waals surface area contributed by atoms with Crippen LogP contribution in [-0.2, 0) is 14.3 Å². The van der Waals surface area contributed by atoms with Crippen molar-refractivity contribution in [2.75, 3.05) is 32.8 Å². The predicted molar refractivity (Wildman–Crippen MR) is 86.2 cm³/mol. The van der Waals surface area contributed by atoms with E-state index in [1.807, 2.05) is 39.5 Å². The van der Waals surface area contributed by atoms with Gasteiger partial charge in [-0.1, -0.05) is 0 Å². The Morgan fingerprint density at radius 1 is 1.35 bits per heavy atom.